The van der Waals surface area contributed by atoms with E-state index in [1.54, 1.807) is 19.5 Å². The Balaban J connectivity index is 1.92. The Kier molecular flexibility index (Phi) is 3.54. The minimum Gasteiger partial charge on any atom is -0.379 e. The molecule has 1 fully saturated rings. The van der Waals surface area contributed by atoms with Crippen LogP contribution >= 0.6 is 0 Å². The molecule has 21 heavy (non-hydrogen) atoms. The highest BCUT2D eigenvalue weighted by Crippen LogP contribution is 2.32. The Morgan fingerprint density at radius 2 is 2.33 bits per heavy atom. The van der Waals surface area contributed by atoms with Crippen LogP contribution in [-0.4, -0.2) is 46.7 Å². The Morgan fingerprint density at radius 1 is 1.48 bits per heavy atom. The molecule has 0 radical (unpaired) electrons. The summed E-state index contributed by atoms with van der Waals surface area (Å²) < 4.78 is 5.57. The first kappa shape index (κ1) is 13.5. The van der Waals surface area contributed by atoms with Gasteiger partial charge >= 0.3 is 0 Å². The van der Waals surface area contributed by atoms with Crippen LogP contribution in [0.4, 0.5) is 5.82 Å². The van der Waals surface area contributed by atoms with Gasteiger partial charge in [0.25, 0.3) is 0 Å². The van der Waals surface area contributed by atoms with Gasteiger partial charge in [0.1, 0.15) is 11.9 Å². The summed E-state index contributed by atoms with van der Waals surface area (Å²) >= 11 is 0. The van der Waals surface area contributed by atoms with Crippen LogP contribution < -0.4 is 4.90 Å². The number of rotatable bonds is 3. The lowest BCUT2D eigenvalue weighted by atomic mass is 10.0. The molecule has 2 atom stereocenters. The van der Waals surface area contributed by atoms with Gasteiger partial charge in [-0.1, -0.05) is 0 Å². The second kappa shape index (κ2) is 5.50. The molecule has 2 aromatic heterocycles. The van der Waals surface area contributed by atoms with Crippen molar-refractivity contribution >= 4 is 5.82 Å². The number of aromatic nitrogens is 4. The number of nitrogens with one attached hydrogen (secondary N) is 1. The van der Waals surface area contributed by atoms with Crippen molar-refractivity contribution in [3.8, 4) is 6.07 Å². The van der Waals surface area contributed by atoms with Crippen LogP contribution in [0.2, 0.25) is 0 Å². The molecule has 0 spiro atoms. The highest BCUT2D eigenvalue weighted by molar-refractivity contribution is 5.58. The molecule has 1 aliphatic rings. The molecule has 0 amide bonds. The van der Waals surface area contributed by atoms with E-state index in [2.05, 4.69) is 31.4 Å². The zero-order valence-electron chi connectivity index (χ0n) is 11.9. The molecular weight excluding hydrogens is 268 g/mol. The summed E-state index contributed by atoms with van der Waals surface area (Å²) in [6.07, 6.45) is 3.45. The maximum atomic E-state index is 9.36. The maximum absolute atomic E-state index is 9.36. The Morgan fingerprint density at radius 3 is 3.00 bits per heavy atom. The smallest absolute Gasteiger partial charge is 0.146 e. The summed E-state index contributed by atoms with van der Waals surface area (Å²) in [6, 6.07) is 4.09. The number of nitriles is 1. The van der Waals surface area contributed by atoms with E-state index in [1.165, 1.54) is 0 Å². The summed E-state index contributed by atoms with van der Waals surface area (Å²) in [4.78, 5) is 6.46. The lowest BCUT2D eigenvalue weighted by Gasteiger charge is -2.18. The molecule has 0 unspecified atom stereocenters. The third-order valence-electron chi connectivity index (χ3n) is 3.93. The monoisotopic (exact) mass is 284 g/mol. The third-order valence-corrected chi connectivity index (χ3v) is 3.93. The van der Waals surface area contributed by atoms with Crippen molar-refractivity contribution < 1.29 is 4.74 Å². The number of hydrogen-bond donors (Lipinski definition) is 1. The van der Waals surface area contributed by atoms with Gasteiger partial charge in [-0.2, -0.15) is 20.7 Å². The number of aryl methyl sites for hydroxylation is 1. The van der Waals surface area contributed by atoms with E-state index in [4.69, 9.17) is 4.74 Å². The normalized spacial score (nSPS) is 21.5. The minimum atomic E-state index is 0.00366. The van der Waals surface area contributed by atoms with Crippen molar-refractivity contribution in [1.82, 2.24) is 20.4 Å². The van der Waals surface area contributed by atoms with Gasteiger partial charge < -0.3 is 9.64 Å². The molecule has 1 aliphatic heterocycles. The Bertz CT molecular complexity index is 663. The molecule has 0 saturated carbocycles. The fourth-order valence-electron chi connectivity index (χ4n) is 2.78. The van der Waals surface area contributed by atoms with Gasteiger partial charge in [0.2, 0.25) is 0 Å². The van der Waals surface area contributed by atoms with Crippen LogP contribution in [0.15, 0.2) is 18.5 Å². The number of ether oxygens (including phenoxy) is 1. The van der Waals surface area contributed by atoms with Gasteiger partial charge in [-0.25, -0.2) is 4.98 Å². The maximum Gasteiger partial charge on any atom is 0.146 e. The minimum absolute atomic E-state index is 0.00366. The molecule has 1 N–H and O–H groups in total. The van der Waals surface area contributed by atoms with Crippen LogP contribution in [0.3, 0.4) is 0 Å². The van der Waals surface area contributed by atoms with Crippen molar-refractivity contribution in [2.75, 3.05) is 25.1 Å². The van der Waals surface area contributed by atoms with Gasteiger partial charge in [0, 0.05) is 26.4 Å². The molecule has 3 rings (SSSR count). The highest BCUT2D eigenvalue weighted by Gasteiger charge is 2.37. The topological polar surface area (TPSA) is 90.7 Å². The van der Waals surface area contributed by atoms with E-state index in [-0.39, 0.29) is 12.0 Å². The number of anilines is 1. The number of methoxy groups -OCH3 is 1. The van der Waals surface area contributed by atoms with Gasteiger partial charge in [-0.05, 0) is 18.6 Å². The van der Waals surface area contributed by atoms with E-state index in [0.717, 1.165) is 11.3 Å². The number of nitrogens with zero attached hydrogens (tertiary/aromatic N) is 5. The van der Waals surface area contributed by atoms with E-state index in [9.17, 15) is 5.26 Å². The van der Waals surface area contributed by atoms with E-state index in [1.807, 2.05) is 13.0 Å². The van der Waals surface area contributed by atoms with Gasteiger partial charge in [0.05, 0.1) is 29.5 Å². The summed E-state index contributed by atoms with van der Waals surface area (Å²) in [5, 5.41) is 20.0. The fraction of sp³-hybridized carbons (Fsp3) is 0.429. The second-order valence-corrected chi connectivity index (χ2v) is 5.12. The molecule has 0 aromatic carbocycles. The van der Waals surface area contributed by atoms with Gasteiger partial charge in [0.15, 0.2) is 0 Å². The average Bonchev–Trinajstić information content (AvgIpc) is 3.15. The molecule has 0 bridgehead atoms. The molecule has 108 valence electrons. The number of H-pyrrole nitrogens is 1. The molecule has 2 aromatic rings. The zero-order chi connectivity index (χ0) is 14.8. The Labute approximate surface area is 122 Å². The third kappa shape index (κ3) is 2.34. The molecule has 1 saturated heterocycles. The SMILES string of the molecule is CO[C@@H]1CN(c2nccc(C)c2C#N)C[C@H]1c1cn[nH]n1. The van der Waals surface area contributed by atoms with Crippen molar-refractivity contribution in [2.24, 2.45) is 0 Å². The van der Waals surface area contributed by atoms with Crippen molar-refractivity contribution in [3.63, 3.8) is 0 Å². The summed E-state index contributed by atoms with van der Waals surface area (Å²) in [5.74, 6) is 0.827. The predicted molar refractivity (Wildman–Crippen MR) is 75.8 cm³/mol. The van der Waals surface area contributed by atoms with E-state index < -0.39 is 0 Å². The Hall–Kier alpha value is -2.46. The summed E-state index contributed by atoms with van der Waals surface area (Å²) in [7, 11) is 1.69. The quantitative estimate of drug-likeness (QED) is 0.904. The van der Waals surface area contributed by atoms with Crippen LogP contribution in [0.25, 0.3) is 0 Å². The van der Waals surface area contributed by atoms with Crippen molar-refractivity contribution in [2.45, 2.75) is 18.9 Å². The number of hydrogen-bond acceptors (Lipinski definition) is 6. The fourth-order valence-corrected chi connectivity index (χ4v) is 2.78. The molecule has 7 heteroatoms. The zero-order valence-corrected chi connectivity index (χ0v) is 11.9. The highest BCUT2D eigenvalue weighted by atomic mass is 16.5. The first-order valence-electron chi connectivity index (χ1n) is 6.73. The molecule has 0 aliphatic carbocycles. The van der Waals surface area contributed by atoms with Crippen LogP contribution in [0.1, 0.15) is 22.7 Å². The second-order valence-electron chi connectivity index (χ2n) is 5.12. The number of aromatic amines is 1. The number of pyridine rings is 1. The molecule has 7 nitrogen and oxygen atoms in total. The van der Waals surface area contributed by atoms with Crippen LogP contribution in [0.5, 0.6) is 0 Å². The molecular formula is C14H16N6O. The van der Waals surface area contributed by atoms with E-state index in [0.29, 0.717) is 24.5 Å². The van der Waals surface area contributed by atoms with Crippen LogP contribution in [0, 0.1) is 18.3 Å². The van der Waals surface area contributed by atoms with E-state index >= 15 is 0 Å². The van der Waals surface area contributed by atoms with Gasteiger partial charge in [-0.15, -0.1) is 0 Å². The van der Waals surface area contributed by atoms with Crippen LogP contribution in [-0.2, 0) is 4.74 Å². The van der Waals surface area contributed by atoms with Gasteiger partial charge in [-0.3, -0.25) is 0 Å². The average molecular weight is 284 g/mol. The lowest BCUT2D eigenvalue weighted by Crippen LogP contribution is -2.24. The lowest BCUT2D eigenvalue weighted by molar-refractivity contribution is 0.105. The molecule has 3 heterocycles. The standard InChI is InChI=1S/C14H16N6O/c1-9-3-4-16-14(10(9)5-15)20-7-11(13(8-20)21-2)12-6-17-19-18-12/h3-4,6,11,13H,7-8H2,1-2H3,(H,17,18,19)/t11-,13+/m0/s1. The van der Waals surface area contributed by atoms with Crippen molar-refractivity contribution in [3.05, 3.63) is 35.3 Å². The summed E-state index contributed by atoms with van der Waals surface area (Å²) in [6.45, 7) is 3.30. The largest absolute Gasteiger partial charge is 0.379 e. The first-order valence-corrected chi connectivity index (χ1v) is 6.73. The predicted octanol–water partition coefficient (Wildman–Crippen LogP) is 0.999. The summed E-state index contributed by atoms with van der Waals surface area (Å²) in [5.41, 5.74) is 2.42. The van der Waals surface area contributed by atoms with Crippen molar-refractivity contribution in [1.29, 1.82) is 5.26 Å². The first-order chi connectivity index (χ1) is 10.2.